The third kappa shape index (κ3) is 5.52. The standard InChI is InChI=1S/C21H23N3O7S2/c25-20(6-3-12-24-18-4-1-2-5-19(18)31-21(24)26)22-15-7-9-17(10-8-15)33(29,30)23-16-11-13-32(27,28)14-16/h1-2,4-5,7-10,16,23H,3,6,11-14H2,(H,22,25). The first-order valence-electron chi connectivity index (χ1n) is 10.3. The topological polar surface area (TPSA) is 145 Å². The van der Waals surface area contributed by atoms with E-state index in [1.54, 1.807) is 24.3 Å². The molecule has 1 saturated heterocycles. The molecule has 2 aromatic carbocycles. The fraction of sp³-hybridized carbons (Fsp3) is 0.333. The Labute approximate surface area is 190 Å². The highest BCUT2D eigenvalue weighted by Gasteiger charge is 2.31. The monoisotopic (exact) mass is 493 g/mol. The van der Waals surface area contributed by atoms with Gasteiger partial charge in [-0.2, -0.15) is 0 Å². The first-order valence-corrected chi connectivity index (χ1v) is 13.6. The number of aromatic nitrogens is 1. The molecule has 2 heterocycles. The fourth-order valence-electron chi connectivity index (χ4n) is 3.74. The molecule has 10 nitrogen and oxygen atoms in total. The number of hydrogen-bond donors (Lipinski definition) is 2. The average Bonchev–Trinajstić information content (AvgIpc) is 3.26. The van der Waals surface area contributed by atoms with E-state index in [0.29, 0.717) is 29.8 Å². The zero-order valence-corrected chi connectivity index (χ0v) is 19.2. The zero-order valence-electron chi connectivity index (χ0n) is 17.6. The molecule has 1 aliphatic rings. The van der Waals surface area contributed by atoms with Crippen molar-refractivity contribution >= 4 is 42.6 Å². The summed E-state index contributed by atoms with van der Waals surface area (Å²) < 4.78 is 57.1. The van der Waals surface area contributed by atoms with Crippen molar-refractivity contribution < 1.29 is 26.0 Å². The number of oxazole rings is 1. The number of anilines is 1. The van der Waals surface area contributed by atoms with Crippen molar-refractivity contribution in [1.29, 1.82) is 0 Å². The molecule has 1 aliphatic heterocycles. The molecule has 0 bridgehead atoms. The van der Waals surface area contributed by atoms with E-state index in [2.05, 4.69) is 10.0 Å². The number of amides is 1. The minimum absolute atomic E-state index is 0.0176. The molecule has 1 amide bonds. The number of carbonyl (C=O) groups excluding carboxylic acids is 1. The normalized spacial score (nSPS) is 17.9. The number of fused-ring (bicyclic) bond motifs is 1. The Hall–Kier alpha value is -2.96. The second-order valence-electron chi connectivity index (χ2n) is 7.88. The van der Waals surface area contributed by atoms with Gasteiger partial charge >= 0.3 is 5.76 Å². The van der Waals surface area contributed by atoms with Crippen LogP contribution in [0.2, 0.25) is 0 Å². The molecule has 12 heteroatoms. The van der Waals surface area contributed by atoms with Crippen LogP contribution in [0.1, 0.15) is 19.3 Å². The molecule has 0 spiro atoms. The van der Waals surface area contributed by atoms with Crippen LogP contribution in [0.5, 0.6) is 0 Å². The number of nitrogens with zero attached hydrogens (tertiary/aromatic N) is 1. The second kappa shape index (κ2) is 9.12. The lowest BCUT2D eigenvalue weighted by Gasteiger charge is -2.12. The summed E-state index contributed by atoms with van der Waals surface area (Å²) in [5.41, 5.74) is 1.59. The number of nitrogens with one attached hydrogen (secondary N) is 2. The minimum atomic E-state index is -3.87. The largest absolute Gasteiger partial charge is 0.419 e. The van der Waals surface area contributed by atoms with Gasteiger partial charge in [0.15, 0.2) is 15.4 Å². The molecular weight excluding hydrogens is 470 g/mol. The summed E-state index contributed by atoms with van der Waals surface area (Å²) in [5, 5.41) is 2.69. The van der Waals surface area contributed by atoms with Crippen molar-refractivity contribution in [3.05, 3.63) is 59.1 Å². The molecule has 0 aliphatic carbocycles. The maximum atomic E-state index is 12.5. The average molecular weight is 494 g/mol. The lowest BCUT2D eigenvalue weighted by molar-refractivity contribution is -0.116. The molecule has 1 fully saturated rings. The van der Waals surface area contributed by atoms with E-state index in [-0.39, 0.29) is 35.2 Å². The van der Waals surface area contributed by atoms with Gasteiger partial charge in [-0.1, -0.05) is 12.1 Å². The first kappa shape index (κ1) is 23.2. The summed E-state index contributed by atoms with van der Waals surface area (Å²) in [6.07, 6.45) is 0.816. The lowest BCUT2D eigenvalue weighted by atomic mass is 10.2. The second-order valence-corrected chi connectivity index (χ2v) is 11.8. The molecule has 1 atom stereocenters. The van der Waals surface area contributed by atoms with Gasteiger partial charge in [-0.05, 0) is 49.2 Å². The Kier molecular flexibility index (Phi) is 6.41. The van der Waals surface area contributed by atoms with Crippen molar-refractivity contribution in [1.82, 2.24) is 9.29 Å². The number of sulfone groups is 1. The molecule has 176 valence electrons. The fourth-order valence-corrected chi connectivity index (χ4v) is 6.79. The number of hydrogen-bond acceptors (Lipinski definition) is 7. The van der Waals surface area contributed by atoms with Crippen LogP contribution in [0.3, 0.4) is 0 Å². The van der Waals surface area contributed by atoms with Crippen LogP contribution in [0, 0.1) is 0 Å². The maximum absolute atomic E-state index is 12.5. The third-order valence-electron chi connectivity index (χ3n) is 5.36. The van der Waals surface area contributed by atoms with Crippen LogP contribution in [0.15, 0.2) is 62.6 Å². The molecule has 1 unspecified atom stereocenters. The Bertz CT molecular complexity index is 1440. The molecule has 33 heavy (non-hydrogen) atoms. The van der Waals surface area contributed by atoms with Crippen LogP contribution in [0.4, 0.5) is 5.69 Å². The number of rotatable bonds is 8. The van der Waals surface area contributed by atoms with E-state index in [4.69, 9.17) is 4.42 Å². The van der Waals surface area contributed by atoms with Crippen LogP contribution >= 0.6 is 0 Å². The predicted molar refractivity (Wildman–Crippen MR) is 122 cm³/mol. The van der Waals surface area contributed by atoms with E-state index in [9.17, 15) is 26.4 Å². The molecule has 0 saturated carbocycles. The summed E-state index contributed by atoms with van der Waals surface area (Å²) >= 11 is 0. The van der Waals surface area contributed by atoms with Crippen LogP contribution in [-0.2, 0) is 31.2 Å². The Morgan fingerprint density at radius 1 is 1.12 bits per heavy atom. The van der Waals surface area contributed by atoms with Gasteiger partial charge in [0.25, 0.3) is 0 Å². The smallest absolute Gasteiger partial charge is 0.408 e. The quantitative estimate of drug-likeness (QED) is 0.483. The maximum Gasteiger partial charge on any atom is 0.419 e. The highest BCUT2D eigenvalue weighted by molar-refractivity contribution is 7.92. The van der Waals surface area contributed by atoms with Gasteiger partial charge in [0, 0.05) is 24.7 Å². The SMILES string of the molecule is O=C(CCCn1c(=O)oc2ccccc21)Nc1ccc(S(=O)(=O)NC2CCS(=O)(=O)C2)cc1. The minimum Gasteiger partial charge on any atom is -0.408 e. The number of benzene rings is 2. The number of sulfonamides is 1. The number of carbonyl (C=O) groups is 1. The van der Waals surface area contributed by atoms with Crippen LogP contribution in [0.25, 0.3) is 11.1 Å². The number of aryl methyl sites for hydroxylation is 1. The van der Waals surface area contributed by atoms with Crippen LogP contribution in [-0.4, -0.2) is 44.9 Å². The van der Waals surface area contributed by atoms with Crippen molar-refractivity contribution in [2.24, 2.45) is 0 Å². The van der Waals surface area contributed by atoms with Gasteiger partial charge < -0.3 is 9.73 Å². The van der Waals surface area contributed by atoms with Gasteiger partial charge in [0.2, 0.25) is 15.9 Å². The highest BCUT2D eigenvalue weighted by Crippen LogP contribution is 2.18. The van der Waals surface area contributed by atoms with E-state index >= 15 is 0 Å². The third-order valence-corrected chi connectivity index (χ3v) is 8.67. The summed E-state index contributed by atoms with van der Waals surface area (Å²) in [6, 6.07) is 12.0. The van der Waals surface area contributed by atoms with E-state index in [0.717, 1.165) is 0 Å². The molecule has 4 rings (SSSR count). The van der Waals surface area contributed by atoms with Gasteiger partial charge in [0.1, 0.15) is 0 Å². The lowest BCUT2D eigenvalue weighted by Crippen LogP contribution is -2.35. The summed E-state index contributed by atoms with van der Waals surface area (Å²) in [6.45, 7) is 0.322. The molecule has 1 aromatic heterocycles. The Morgan fingerprint density at radius 2 is 1.85 bits per heavy atom. The zero-order chi connectivity index (χ0) is 23.6. The molecular formula is C21H23N3O7S2. The Morgan fingerprint density at radius 3 is 2.55 bits per heavy atom. The van der Waals surface area contributed by atoms with Crippen LogP contribution < -0.4 is 15.8 Å². The van der Waals surface area contributed by atoms with Gasteiger partial charge in [0.05, 0.1) is 21.9 Å². The van der Waals surface area contributed by atoms with Crippen molar-refractivity contribution in [3.8, 4) is 0 Å². The summed E-state index contributed by atoms with van der Waals surface area (Å²) in [4.78, 5) is 24.2. The van der Waals surface area contributed by atoms with Crippen molar-refractivity contribution in [2.75, 3.05) is 16.8 Å². The molecule has 2 N–H and O–H groups in total. The molecule has 3 aromatic rings. The summed E-state index contributed by atoms with van der Waals surface area (Å²) in [5.74, 6) is -0.990. The van der Waals surface area contributed by atoms with E-state index < -0.39 is 31.7 Å². The van der Waals surface area contributed by atoms with Gasteiger partial charge in [-0.3, -0.25) is 9.36 Å². The number of para-hydroxylation sites is 2. The first-order chi connectivity index (χ1) is 15.6. The van der Waals surface area contributed by atoms with Crippen molar-refractivity contribution in [3.63, 3.8) is 0 Å². The molecule has 0 radical (unpaired) electrons. The Balaban J connectivity index is 1.31. The van der Waals surface area contributed by atoms with Crippen molar-refractivity contribution in [2.45, 2.75) is 36.7 Å². The van der Waals surface area contributed by atoms with E-state index in [1.165, 1.54) is 28.8 Å². The summed E-state index contributed by atoms with van der Waals surface area (Å²) in [7, 11) is -7.07. The van der Waals surface area contributed by atoms with Gasteiger partial charge in [-0.15, -0.1) is 0 Å². The van der Waals surface area contributed by atoms with E-state index in [1.807, 2.05) is 0 Å². The predicted octanol–water partition coefficient (Wildman–Crippen LogP) is 1.48. The van der Waals surface area contributed by atoms with Gasteiger partial charge in [-0.25, -0.2) is 26.4 Å². The highest BCUT2D eigenvalue weighted by atomic mass is 32.2.